The molecule has 118 valence electrons. The van der Waals surface area contributed by atoms with Crippen LogP contribution in [-0.2, 0) is 11.2 Å². The molecular weight excluding hydrogens is 336 g/mol. The number of aromatic nitrogens is 1. The summed E-state index contributed by atoms with van der Waals surface area (Å²) < 4.78 is 0.830. The molecule has 0 saturated carbocycles. The average molecular weight is 355 g/mol. The molecule has 0 fully saturated rings. The summed E-state index contributed by atoms with van der Waals surface area (Å²) in [5, 5.41) is 6.70. The van der Waals surface area contributed by atoms with Gasteiger partial charge >= 0.3 is 0 Å². The minimum Gasteiger partial charge on any atom is -0.353 e. The highest BCUT2D eigenvalue weighted by atomic mass is 32.2. The normalized spacial score (nSPS) is 12.1. The number of hydrogen-bond donors (Lipinski definition) is 1. The van der Waals surface area contributed by atoms with Crippen molar-refractivity contribution in [1.29, 1.82) is 0 Å². The lowest BCUT2D eigenvalue weighted by Crippen LogP contribution is -2.33. The van der Waals surface area contributed by atoms with Crippen molar-refractivity contribution < 1.29 is 9.59 Å². The van der Waals surface area contributed by atoms with Crippen LogP contribution in [0.5, 0.6) is 0 Å². The van der Waals surface area contributed by atoms with E-state index in [1.165, 1.54) is 34.4 Å². The van der Waals surface area contributed by atoms with Crippen LogP contribution < -0.4 is 5.32 Å². The van der Waals surface area contributed by atoms with E-state index in [0.29, 0.717) is 12.2 Å². The van der Waals surface area contributed by atoms with E-state index in [4.69, 9.17) is 0 Å². The fourth-order valence-corrected chi connectivity index (χ4v) is 4.15. The molecule has 2 rings (SSSR count). The van der Waals surface area contributed by atoms with Crippen molar-refractivity contribution in [3.63, 3.8) is 0 Å². The van der Waals surface area contributed by atoms with Gasteiger partial charge < -0.3 is 5.32 Å². The second-order valence-corrected chi connectivity index (χ2v) is 7.88. The lowest BCUT2D eigenvalue weighted by molar-refractivity contribution is -0.121. The van der Waals surface area contributed by atoms with Crippen LogP contribution in [0.3, 0.4) is 0 Å². The van der Waals surface area contributed by atoms with E-state index >= 15 is 0 Å². The summed E-state index contributed by atoms with van der Waals surface area (Å²) >= 11 is 4.36. The number of thiazole rings is 1. The second-order valence-electron chi connectivity index (χ2n) is 4.85. The summed E-state index contributed by atoms with van der Waals surface area (Å²) in [6.07, 6.45) is 1.20. The molecule has 2 aromatic heterocycles. The zero-order valence-corrected chi connectivity index (χ0v) is 14.9. The van der Waals surface area contributed by atoms with E-state index < -0.39 is 0 Å². The maximum atomic E-state index is 11.9. The summed E-state index contributed by atoms with van der Waals surface area (Å²) in [5.41, 5.74) is 0.761. The first-order chi connectivity index (χ1) is 10.6. The molecule has 0 aliphatic carbocycles. The summed E-state index contributed by atoms with van der Waals surface area (Å²) in [4.78, 5) is 28.9. The summed E-state index contributed by atoms with van der Waals surface area (Å²) in [6, 6.07) is 3.89. The van der Waals surface area contributed by atoms with Crippen molar-refractivity contribution in [3.05, 3.63) is 33.5 Å². The topological polar surface area (TPSA) is 59.1 Å². The molecule has 0 aliphatic heterocycles. The third-order valence-electron chi connectivity index (χ3n) is 3.01. The Morgan fingerprint density at radius 2 is 2.23 bits per heavy atom. The number of carbonyl (C=O) groups excluding carboxylic acids is 2. The largest absolute Gasteiger partial charge is 0.353 e. The Bertz CT molecular complexity index is 623. The Balaban J connectivity index is 1.81. The van der Waals surface area contributed by atoms with Crippen molar-refractivity contribution in [3.8, 4) is 0 Å². The molecule has 0 spiro atoms. The first kappa shape index (κ1) is 17.2. The van der Waals surface area contributed by atoms with Gasteiger partial charge in [0.15, 0.2) is 10.1 Å². The van der Waals surface area contributed by atoms with Crippen LogP contribution in [0.4, 0.5) is 0 Å². The van der Waals surface area contributed by atoms with Crippen LogP contribution in [0.1, 0.15) is 35.6 Å². The number of nitrogens with zero attached hydrogens (tertiary/aromatic N) is 1. The number of hydrogen-bond acceptors (Lipinski definition) is 6. The summed E-state index contributed by atoms with van der Waals surface area (Å²) in [7, 11) is 0. The van der Waals surface area contributed by atoms with E-state index in [-0.39, 0.29) is 17.7 Å². The quantitative estimate of drug-likeness (QED) is 0.581. The van der Waals surface area contributed by atoms with Crippen molar-refractivity contribution in [1.82, 2.24) is 10.3 Å². The van der Waals surface area contributed by atoms with Crippen LogP contribution in [-0.4, -0.2) is 28.5 Å². The Hall–Kier alpha value is -1.18. The fraction of sp³-hybridized carbons (Fsp3) is 0.400. The van der Waals surface area contributed by atoms with Gasteiger partial charge in [-0.1, -0.05) is 24.8 Å². The van der Waals surface area contributed by atoms with Crippen LogP contribution in [0, 0.1) is 0 Å². The first-order valence-corrected chi connectivity index (χ1v) is 9.76. The third kappa shape index (κ3) is 5.23. The molecule has 0 aromatic carbocycles. The SMILES string of the molecule is CCC(C)NC(=O)Cc1csc(SCC(=O)c2cccs2)n1. The van der Waals surface area contributed by atoms with Gasteiger partial charge in [-0.15, -0.1) is 22.7 Å². The van der Waals surface area contributed by atoms with Crippen LogP contribution in [0.15, 0.2) is 27.2 Å². The van der Waals surface area contributed by atoms with E-state index in [1.54, 1.807) is 0 Å². The minimum absolute atomic E-state index is 0.00846. The zero-order chi connectivity index (χ0) is 15.9. The molecule has 0 bridgehead atoms. The van der Waals surface area contributed by atoms with Crippen molar-refractivity contribution in [2.75, 3.05) is 5.75 Å². The van der Waals surface area contributed by atoms with Crippen LogP contribution in [0.25, 0.3) is 0 Å². The molecule has 1 N–H and O–H groups in total. The van der Waals surface area contributed by atoms with Gasteiger partial charge in [-0.2, -0.15) is 0 Å². The number of amides is 1. The summed E-state index contributed by atoms with van der Waals surface area (Å²) in [6.45, 7) is 4.02. The maximum absolute atomic E-state index is 11.9. The maximum Gasteiger partial charge on any atom is 0.226 e. The average Bonchev–Trinajstić information content (AvgIpc) is 3.16. The van der Waals surface area contributed by atoms with Gasteiger partial charge in [0, 0.05) is 11.4 Å². The highest BCUT2D eigenvalue weighted by Crippen LogP contribution is 2.24. The standard InChI is InChI=1S/C15H18N2O2S3/c1-3-10(2)16-14(19)7-11-8-21-15(17-11)22-9-12(18)13-5-4-6-20-13/h4-6,8,10H,3,7,9H2,1-2H3,(H,16,19). The predicted molar refractivity (Wildman–Crippen MR) is 93.1 cm³/mol. The molecule has 0 saturated heterocycles. The molecular formula is C15H18N2O2S3. The molecule has 1 unspecified atom stereocenters. The molecule has 1 atom stereocenters. The zero-order valence-electron chi connectivity index (χ0n) is 12.5. The second kappa shape index (κ2) is 8.45. The Labute approximate surface area is 142 Å². The van der Waals surface area contributed by atoms with Crippen molar-refractivity contribution in [2.24, 2.45) is 0 Å². The van der Waals surface area contributed by atoms with Crippen LogP contribution >= 0.6 is 34.4 Å². The van der Waals surface area contributed by atoms with Gasteiger partial charge in [0.25, 0.3) is 0 Å². The lowest BCUT2D eigenvalue weighted by atomic mass is 10.2. The number of Topliss-reactive ketones (excluding diaryl/α,β-unsaturated/α-hetero) is 1. The smallest absolute Gasteiger partial charge is 0.226 e. The fourth-order valence-electron chi connectivity index (χ4n) is 1.66. The minimum atomic E-state index is -0.00846. The number of rotatable bonds is 8. The molecule has 2 aromatic rings. The Morgan fingerprint density at radius 3 is 2.91 bits per heavy atom. The Kier molecular flexibility index (Phi) is 6.60. The first-order valence-electron chi connectivity index (χ1n) is 7.01. The predicted octanol–water partition coefficient (Wildman–Crippen LogP) is 3.64. The molecule has 22 heavy (non-hydrogen) atoms. The number of ketones is 1. The highest BCUT2D eigenvalue weighted by Gasteiger charge is 2.12. The van der Waals surface area contributed by atoms with Gasteiger partial charge in [-0.25, -0.2) is 4.98 Å². The molecule has 4 nitrogen and oxygen atoms in total. The van der Waals surface area contributed by atoms with E-state index in [2.05, 4.69) is 10.3 Å². The third-order valence-corrected chi connectivity index (χ3v) is 6.00. The van der Waals surface area contributed by atoms with E-state index in [0.717, 1.165) is 21.3 Å². The molecule has 0 radical (unpaired) electrons. The van der Waals surface area contributed by atoms with Gasteiger partial charge in [-0.05, 0) is 24.8 Å². The van der Waals surface area contributed by atoms with Crippen molar-refractivity contribution >= 4 is 46.1 Å². The summed E-state index contributed by atoms with van der Waals surface area (Å²) in [5.74, 6) is 0.490. The van der Waals surface area contributed by atoms with Gasteiger partial charge in [0.1, 0.15) is 0 Å². The molecule has 7 heteroatoms. The van der Waals surface area contributed by atoms with E-state index in [1.807, 2.05) is 36.7 Å². The van der Waals surface area contributed by atoms with Crippen molar-refractivity contribution in [2.45, 2.75) is 37.1 Å². The van der Waals surface area contributed by atoms with E-state index in [9.17, 15) is 9.59 Å². The molecule has 2 heterocycles. The molecule has 0 aliphatic rings. The van der Waals surface area contributed by atoms with Crippen LogP contribution in [0.2, 0.25) is 0 Å². The van der Waals surface area contributed by atoms with Gasteiger partial charge in [0.05, 0.1) is 22.7 Å². The lowest BCUT2D eigenvalue weighted by Gasteiger charge is -2.10. The number of thiophene rings is 1. The highest BCUT2D eigenvalue weighted by molar-refractivity contribution is 8.01. The number of thioether (sulfide) groups is 1. The van der Waals surface area contributed by atoms with Gasteiger partial charge in [0.2, 0.25) is 5.91 Å². The monoisotopic (exact) mass is 354 g/mol. The number of nitrogens with one attached hydrogen (secondary N) is 1. The Morgan fingerprint density at radius 1 is 1.41 bits per heavy atom. The molecule has 1 amide bonds. The van der Waals surface area contributed by atoms with Gasteiger partial charge in [-0.3, -0.25) is 9.59 Å². The number of carbonyl (C=O) groups is 2.